The van der Waals surface area contributed by atoms with Gasteiger partial charge in [-0.05, 0) is 16.2 Å². The zero-order valence-corrected chi connectivity index (χ0v) is 19.3. The molecule has 0 saturated carbocycles. The van der Waals surface area contributed by atoms with Gasteiger partial charge in [0.1, 0.15) is 0 Å². The van der Waals surface area contributed by atoms with E-state index in [1.165, 1.54) is 21.5 Å². The minimum Gasteiger partial charge on any atom is -0.0656 e. The van der Waals surface area contributed by atoms with Crippen LogP contribution in [0.2, 0.25) is 37.8 Å². The zero-order chi connectivity index (χ0) is 18.9. The van der Waals surface area contributed by atoms with E-state index in [4.69, 9.17) is 0 Å². The van der Waals surface area contributed by atoms with Crippen molar-refractivity contribution in [3.05, 3.63) is 59.7 Å². The summed E-state index contributed by atoms with van der Waals surface area (Å²) >= 11 is 0. The quantitative estimate of drug-likeness (QED) is 0.452. The van der Waals surface area contributed by atoms with Gasteiger partial charge in [0.05, 0.1) is 16.1 Å². The first-order valence-corrected chi connectivity index (χ1v) is 15.8. The minimum atomic E-state index is -1.44. The molecular weight excluding hydrogens is 332 g/mol. The Morgan fingerprint density at radius 2 is 0.960 bits per heavy atom. The third-order valence-corrected chi connectivity index (χ3v) is 13.3. The Morgan fingerprint density at radius 1 is 0.600 bits per heavy atom. The van der Waals surface area contributed by atoms with Crippen molar-refractivity contribution < 1.29 is 0 Å². The van der Waals surface area contributed by atoms with E-state index in [1.807, 2.05) is 0 Å². The maximum atomic E-state index is 2.47. The Bertz CT molecular complexity index is 722. The second-order valence-electron chi connectivity index (χ2n) is 9.70. The highest BCUT2D eigenvalue weighted by Crippen LogP contribution is 2.35. The van der Waals surface area contributed by atoms with Crippen LogP contribution < -0.4 is 10.4 Å². The summed E-state index contributed by atoms with van der Waals surface area (Å²) in [7, 11) is -2.64. The molecule has 0 aliphatic heterocycles. The molecule has 2 aromatic rings. The fourth-order valence-electron chi connectivity index (χ4n) is 2.73. The second kappa shape index (κ2) is 7.09. The number of benzene rings is 2. The second-order valence-corrected chi connectivity index (χ2v) is 20.1. The van der Waals surface area contributed by atoms with Crippen molar-refractivity contribution in [2.45, 2.75) is 58.5 Å². The lowest BCUT2D eigenvalue weighted by atomic mass is 10.1. The Kier molecular flexibility index (Phi) is 5.65. The average molecular weight is 367 g/mol. The van der Waals surface area contributed by atoms with Gasteiger partial charge in [-0.3, -0.25) is 0 Å². The van der Waals surface area contributed by atoms with Crippen LogP contribution in [0.3, 0.4) is 0 Å². The van der Waals surface area contributed by atoms with Crippen LogP contribution in [0.5, 0.6) is 0 Å². The lowest BCUT2D eigenvalue weighted by molar-refractivity contribution is 0.729. The molecule has 2 aromatic carbocycles. The summed E-state index contributed by atoms with van der Waals surface area (Å²) in [6, 6.07) is 18.3. The first-order valence-electron chi connectivity index (χ1n) is 9.30. The normalized spacial score (nSPS) is 13.4. The van der Waals surface area contributed by atoms with Gasteiger partial charge in [0.15, 0.2) is 0 Å². The fourth-order valence-corrected chi connectivity index (χ4v) is 5.76. The molecule has 0 aliphatic rings. The molecule has 0 bridgehead atoms. The Morgan fingerprint density at radius 3 is 1.28 bits per heavy atom. The topological polar surface area (TPSA) is 0 Å². The molecule has 0 aromatic heterocycles. The van der Waals surface area contributed by atoms with Crippen LogP contribution in [-0.2, 0) is 0 Å². The SMILES string of the molecule is CC(C)(C)[Si](C)(C)c1ccc(/C=C/c2ccc([Si](C)(C)C)cc2)cc1. The third-order valence-electron chi connectivity index (χ3n) is 5.75. The van der Waals surface area contributed by atoms with Crippen molar-refractivity contribution in [1.82, 2.24) is 0 Å². The Hall–Kier alpha value is -1.39. The molecule has 25 heavy (non-hydrogen) atoms. The van der Waals surface area contributed by atoms with Crippen molar-refractivity contribution in [2.24, 2.45) is 0 Å². The van der Waals surface area contributed by atoms with E-state index < -0.39 is 16.1 Å². The highest BCUT2D eigenvalue weighted by Gasteiger charge is 2.36. The molecule has 2 heteroatoms. The lowest BCUT2D eigenvalue weighted by Crippen LogP contribution is -2.49. The van der Waals surface area contributed by atoms with Gasteiger partial charge in [0.25, 0.3) is 0 Å². The maximum absolute atomic E-state index is 2.47. The van der Waals surface area contributed by atoms with E-state index in [1.54, 1.807) is 0 Å². The third kappa shape index (κ3) is 4.83. The van der Waals surface area contributed by atoms with E-state index in [-0.39, 0.29) is 0 Å². The summed E-state index contributed by atoms with van der Waals surface area (Å²) in [5.74, 6) is 0. The predicted molar refractivity (Wildman–Crippen MR) is 122 cm³/mol. The molecule has 0 N–H and O–H groups in total. The highest BCUT2D eigenvalue weighted by molar-refractivity contribution is 6.92. The first-order chi connectivity index (χ1) is 11.4. The molecule has 0 radical (unpaired) electrons. The molecule has 134 valence electrons. The summed E-state index contributed by atoms with van der Waals surface area (Å²) in [6.45, 7) is 19.2. The van der Waals surface area contributed by atoms with E-state index >= 15 is 0 Å². The largest absolute Gasteiger partial charge is 0.0859 e. The molecule has 0 unspecified atom stereocenters. The van der Waals surface area contributed by atoms with Crippen LogP contribution in [0.1, 0.15) is 31.9 Å². The van der Waals surface area contributed by atoms with Crippen LogP contribution in [-0.4, -0.2) is 16.1 Å². The molecule has 0 amide bonds. The Labute approximate surface area is 157 Å². The van der Waals surface area contributed by atoms with Gasteiger partial charge in [0.2, 0.25) is 0 Å². The first kappa shape index (κ1) is 19.9. The van der Waals surface area contributed by atoms with Gasteiger partial charge in [-0.2, -0.15) is 0 Å². The molecular formula is C23H34Si2. The van der Waals surface area contributed by atoms with Gasteiger partial charge >= 0.3 is 0 Å². The smallest absolute Gasteiger partial charge is 0.0656 e. The fraction of sp³-hybridized carbons (Fsp3) is 0.391. The van der Waals surface area contributed by atoms with Gasteiger partial charge in [-0.1, -0.05) is 125 Å². The van der Waals surface area contributed by atoms with Crippen LogP contribution in [0, 0.1) is 0 Å². The van der Waals surface area contributed by atoms with Crippen molar-refractivity contribution >= 4 is 38.7 Å². The van der Waals surface area contributed by atoms with Crippen LogP contribution in [0.25, 0.3) is 12.2 Å². The predicted octanol–water partition coefficient (Wildman–Crippen LogP) is 6.12. The number of hydrogen-bond acceptors (Lipinski definition) is 0. The van der Waals surface area contributed by atoms with Crippen molar-refractivity contribution in [2.75, 3.05) is 0 Å². The number of rotatable bonds is 4. The number of hydrogen-bond donors (Lipinski definition) is 0. The zero-order valence-electron chi connectivity index (χ0n) is 17.3. The monoisotopic (exact) mass is 366 g/mol. The van der Waals surface area contributed by atoms with Gasteiger partial charge in [0, 0.05) is 0 Å². The lowest BCUT2D eigenvalue weighted by Gasteiger charge is -2.37. The molecule has 2 rings (SSSR count). The standard InChI is InChI=1S/C23H34Si2/c1-23(2,3)25(7,8)22-17-13-20(14-18-22)10-9-19-11-15-21(16-12-19)24(4,5)6/h9-18H,1-8H3/b10-9+. The Balaban J connectivity index is 2.15. The van der Waals surface area contributed by atoms with E-state index in [0.717, 1.165) is 0 Å². The summed E-state index contributed by atoms with van der Waals surface area (Å²) in [6.07, 6.45) is 4.44. The molecule has 0 atom stereocenters. The van der Waals surface area contributed by atoms with Crippen molar-refractivity contribution in [3.8, 4) is 0 Å². The summed E-state index contributed by atoms with van der Waals surface area (Å²) in [5, 5.41) is 3.43. The molecule has 0 nitrogen and oxygen atoms in total. The molecule has 0 saturated heterocycles. The molecule has 0 heterocycles. The molecule has 0 spiro atoms. The summed E-state index contributed by atoms with van der Waals surface area (Å²) in [4.78, 5) is 0. The van der Waals surface area contributed by atoms with E-state index in [0.29, 0.717) is 5.04 Å². The average Bonchev–Trinajstić information content (AvgIpc) is 2.52. The molecule has 0 fully saturated rings. The highest BCUT2D eigenvalue weighted by atomic mass is 28.3. The minimum absolute atomic E-state index is 0.377. The van der Waals surface area contributed by atoms with Crippen LogP contribution >= 0.6 is 0 Å². The summed E-state index contributed by atoms with van der Waals surface area (Å²) < 4.78 is 0. The van der Waals surface area contributed by atoms with Gasteiger partial charge in [-0.25, -0.2) is 0 Å². The van der Waals surface area contributed by atoms with Crippen molar-refractivity contribution in [1.29, 1.82) is 0 Å². The molecule has 0 aliphatic carbocycles. The van der Waals surface area contributed by atoms with E-state index in [2.05, 4.69) is 114 Å². The maximum Gasteiger partial charge on any atom is 0.0859 e. The van der Waals surface area contributed by atoms with Crippen LogP contribution in [0.15, 0.2) is 48.5 Å². The van der Waals surface area contributed by atoms with Gasteiger partial charge in [-0.15, -0.1) is 0 Å². The van der Waals surface area contributed by atoms with E-state index in [9.17, 15) is 0 Å². The summed E-state index contributed by atoms with van der Waals surface area (Å²) in [5.41, 5.74) is 2.55. The van der Waals surface area contributed by atoms with Gasteiger partial charge < -0.3 is 0 Å². The van der Waals surface area contributed by atoms with Crippen LogP contribution in [0.4, 0.5) is 0 Å². The van der Waals surface area contributed by atoms with Crippen molar-refractivity contribution in [3.63, 3.8) is 0 Å².